The molecule has 1 aliphatic rings. The Kier molecular flexibility index (Phi) is 2.48. The van der Waals surface area contributed by atoms with Gasteiger partial charge < -0.3 is 15.0 Å². The number of carbonyl (C=O) groups excluding carboxylic acids is 1. The third kappa shape index (κ3) is 2.02. The fourth-order valence-corrected chi connectivity index (χ4v) is 1.50. The van der Waals surface area contributed by atoms with E-state index in [9.17, 15) is 4.79 Å². The maximum atomic E-state index is 11.7. The number of carbonyl (C=O) groups is 1. The summed E-state index contributed by atoms with van der Waals surface area (Å²) >= 11 is 0. The molecular formula is C10H15N3O2. The summed E-state index contributed by atoms with van der Waals surface area (Å²) in [7, 11) is 1.78. The minimum absolute atomic E-state index is 0.0474. The number of aryl methyl sites for hydroxylation is 1. The molecule has 1 amide bonds. The lowest BCUT2D eigenvalue weighted by molar-refractivity contribution is 0.0927. The van der Waals surface area contributed by atoms with Crippen LogP contribution in [0.4, 0.5) is 0 Å². The highest BCUT2D eigenvalue weighted by Crippen LogP contribution is 2.44. The zero-order valence-electron chi connectivity index (χ0n) is 8.73. The molecule has 5 heteroatoms. The van der Waals surface area contributed by atoms with Gasteiger partial charge in [-0.05, 0) is 12.8 Å². The Morgan fingerprint density at radius 3 is 2.93 bits per heavy atom. The molecule has 1 aromatic heterocycles. The monoisotopic (exact) mass is 209 g/mol. The number of imidazole rings is 1. The molecule has 82 valence electrons. The van der Waals surface area contributed by atoms with E-state index in [-0.39, 0.29) is 17.9 Å². The summed E-state index contributed by atoms with van der Waals surface area (Å²) < 4.78 is 1.67. The number of rotatable bonds is 4. The van der Waals surface area contributed by atoms with Crippen molar-refractivity contribution in [2.45, 2.75) is 12.8 Å². The molecule has 2 N–H and O–H groups in total. The molecule has 1 aliphatic carbocycles. The molecule has 0 bridgehead atoms. The molecule has 1 heterocycles. The number of nitrogens with zero attached hydrogens (tertiary/aromatic N) is 2. The van der Waals surface area contributed by atoms with Gasteiger partial charge in [-0.1, -0.05) is 0 Å². The zero-order chi connectivity index (χ0) is 10.9. The predicted molar refractivity (Wildman–Crippen MR) is 54.3 cm³/mol. The van der Waals surface area contributed by atoms with Crippen LogP contribution in [-0.4, -0.2) is 33.7 Å². The fourth-order valence-electron chi connectivity index (χ4n) is 1.50. The van der Waals surface area contributed by atoms with Crippen LogP contribution in [0.1, 0.15) is 23.3 Å². The lowest BCUT2D eigenvalue weighted by Gasteiger charge is -2.12. The van der Waals surface area contributed by atoms with Gasteiger partial charge in [0, 0.05) is 19.0 Å². The summed E-state index contributed by atoms with van der Waals surface area (Å²) in [5, 5.41) is 11.9. The van der Waals surface area contributed by atoms with Crippen LogP contribution in [0.5, 0.6) is 0 Å². The lowest BCUT2D eigenvalue weighted by atomic mass is 10.1. The maximum absolute atomic E-state index is 11.7. The Morgan fingerprint density at radius 2 is 2.47 bits per heavy atom. The molecule has 0 unspecified atom stereocenters. The van der Waals surface area contributed by atoms with Gasteiger partial charge in [0.05, 0.1) is 19.1 Å². The van der Waals surface area contributed by atoms with E-state index in [4.69, 9.17) is 5.11 Å². The fraction of sp³-hybridized carbons (Fsp3) is 0.600. The second-order valence-electron chi connectivity index (χ2n) is 4.23. The third-order valence-electron chi connectivity index (χ3n) is 2.97. The lowest BCUT2D eigenvalue weighted by Crippen LogP contribution is -2.32. The molecule has 1 saturated carbocycles. The number of hydrogen-bond donors (Lipinski definition) is 2. The summed E-state index contributed by atoms with van der Waals surface area (Å²) in [6.07, 6.45) is 5.12. The molecule has 1 fully saturated rings. The van der Waals surface area contributed by atoms with E-state index in [1.807, 2.05) is 0 Å². The van der Waals surface area contributed by atoms with Crippen molar-refractivity contribution < 1.29 is 9.90 Å². The first-order valence-electron chi connectivity index (χ1n) is 5.02. The van der Waals surface area contributed by atoms with Crippen molar-refractivity contribution >= 4 is 5.91 Å². The van der Waals surface area contributed by atoms with Crippen LogP contribution in [0.2, 0.25) is 0 Å². The van der Waals surface area contributed by atoms with Crippen LogP contribution in [0.25, 0.3) is 0 Å². The molecule has 1 aromatic rings. The van der Waals surface area contributed by atoms with Crippen LogP contribution in [-0.2, 0) is 7.05 Å². The summed E-state index contributed by atoms with van der Waals surface area (Å²) in [5.74, 6) is -0.130. The third-order valence-corrected chi connectivity index (χ3v) is 2.97. The van der Waals surface area contributed by atoms with Crippen LogP contribution in [0.3, 0.4) is 0 Å². The first-order valence-corrected chi connectivity index (χ1v) is 5.02. The second-order valence-corrected chi connectivity index (χ2v) is 4.23. The van der Waals surface area contributed by atoms with Gasteiger partial charge in [-0.25, -0.2) is 4.98 Å². The Morgan fingerprint density at radius 1 is 1.73 bits per heavy atom. The Bertz CT molecular complexity index is 368. The molecule has 0 saturated heterocycles. The van der Waals surface area contributed by atoms with Crippen LogP contribution in [0.15, 0.2) is 12.5 Å². The van der Waals surface area contributed by atoms with Crippen molar-refractivity contribution in [3.63, 3.8) is 0 Å². The van der Waals surface area contributed by atoms with E-state index in [1.165, 1.54) is 6.20 Å². The van der Waals surface area contributed by atoms with Gasteiger partial charge in [0.25, 0.3) is 5.91 Å². The normalized spacial score (nSPS) is 17.5. The first-order chi connectivity index (χ1) is 7.17. The van der Waals surface area contributed by atoms with E-state index in [1.54, 1.807) is 17.9 Å². The number of nitrogens with one attached hydrogen (secondary N) is 1. The Balaban J connectivity index is 1.91. The van der Waals surface area contributed by atoms with E-state index < -0.39 is 0 Å². The van der Waals surface area contributed by atoms with Gasteiger partial charge >= 0.3 is 0 Å². The standard InChI is InChI=1S/C10H15N3O2/c1-13-7-11-4-8(13)9(15)12-5-10(6-14)2-3-10/h4,7,14H,2-3,5-6H2,1H3,(H,12,15). The topological polar surface area (TPSA) is 67.2 Å². The van der Waals surface area contributed by atoms with Gasteiger partial charge in [0.1, 0.15) is 5.69 Å². The minimum Gasteiger partial charge on any atom is -0.396 e. The average molecular weight is 209 g/mol. The van der Waals surface area contributed by atoms with E-state index in [0.717, 1.165) is 12.8 Å². The van der Waals surface area contributed by atoms with Crippen molar-refractivity contribution in [2.75, 3.05) is 13.2 Å². The molecule has 0 spiro atoms. The Hall–Kier alpha value is -1.36. The highest BCUT2D eigenvalue weighted by Gasteiger charge is 2.42. The molecule has 2 rings (SSSR count). The summed E-state index contributed by atoms with van der Waals surface area (Å²) in [5.41, 5.74) is 0.498. The van der Waals surface area contributed by atoms with Gasteiger partial charge in [0.15, 0.2) is 0 Å². The first kappa shape index (κ1) is 10.2. The largest absolute Gasteiger partial charge is 0.396 e. The van der Waals surface area contributed by atoms with Crippen molar-refractivity contribution in [2.24, 2.45) is 12.5 Å². The highest BCUT2D eigenvalue weighted by molar-refractivity contribution is 5.92. The van der Waals surface area contributed by atoms with E-state index in [0.29, 0.717) is 12.2 Å². The number of hydrogen-bond acceptors (Lipinski definition) is 3. The molecule has 0 atom stereocenters. The predicted octanol–water partition coefficient (Wildman–Crippen LogP) is -0.0776. The van der Waals surface area contributed by atoms with Gasteiger partial charge in [0.2, 0.25) is 0 Å². The van der Waals surface area contributed by atoms with E-state index >= 15 is 0 Å². The van der Waals surface area contributed by atoms with Gasteiger partial charge in [-0.3, -0.25) is 4.79 Å². The molecular weight excluding hydrogens is 194 g/mol. The number of aliphatic hydroxyl groups excluding tert-OH is 1. The quantitative estimate of drug-likeness (QED) is 0.729. The maximum Gasteiger partial charge on any atom is 0.269 e. The van der Waals surface area contributed by atoms with Gasteiger partial charge in [-0.2, -0.15) is 0 Å². The van der Waals surface area contributed by atoms with Crippen molar-refractivity contribution in [3.8, 4) is 0 Å². The van der Waals surface area contributed by atoms with Crippen LogP contribution >= 0.6 is 0 Å². The molecule has 5 nitrogen and oxygen atoms in total. The molecule has 0 aromatic carbocycles. The second kappa shape index (κ2) is 3.66. The number of aromatic nitrogens is 2. The van der Waals surface area contributed by atoms with Crippen LogP contribution in [0, 0.1) is 5.41 Å². The SMILES string of the molecule is Cn1cncc1C(=O)NCC1(CO)CC1. The summed E-state index contributed by atoms with van der Waals surface area (Å²) in [4.78, 5) is 15.5. The van der Waals surface area contributed by atoms with Crippen molar-refractivity contribution in [3.05, 3.63) is 18.2 Å². The van der Waals surface area contributed by atoms with E-state index in [2.05, 4.69) is 10.3 Å². The smallest absolute Gasteiger partial charge is 0.269 e. The minimum atomic E-state index is -0.130. The summed E-state index contributed by atoms with van der Waals surface area (Å²) in [6, 6.07) is 0. The van der Waals surface area contributed by atoms with Crippen molar-refractivity contribution in [1.82, 2.24) is 14.9 Å². The number of amides is 1. The molecule has 0 radical (unpaired) electrons. The Labute approximate surface area is 88.1 Å². The van der Waals surface area contributed by atoms with Crippen molar-refractivity contribution in [1.29, 1.82) is 0 Å². The number of aliphatic hydroxyl groups is 1. The van der Waals surface area contributed by atoms with Crippen LogP contribution < -0.4 is 5.32 Å². The highest BCUT2D eigenvalue weighted by atomic mass is 16.3. The zero-order valence-corrected chi connectivity index (χ0v) is 8.73. The average Bonchev–Trinajstić information content (AvgIpc) is 2.91. The molecule has 15 heavy (non-hydrogen) atoms. The summed E-state index contributed by atoms with van der Waals surface area (Å²) in [6.45, 7) is 0.701. The molecule has 0 aliphatic heterocycles. The van der Waals surface area contributed by atoms with Gasteiger partial charge in [-0.15, -0.1) is 0 Å².